The van der Waals surface area contributed by atoms with Crippen molar-refractivity contribution in [1.29, 1.82) is 5.26 Å². The summed E-state index contributed by atoms with van der Waals surface area (Å²) < 4.78 is 128. The van der Waals surface area contributed by atoms with Crippen molar-refractivity contribution in [1.82, 2.24) is 25.2 Å². The van der Waals surface area contributed by atoms with Gasteiger partial charge in [0.25, 0.3) is 5.95 Å². The van der Waals surface area contributed by atoms with Gasteiger partial charge in [-0.15, -0.1) is 5.10 Å². The number of carbonyl (C=O) groups excluding carboxylic acids is 1. The Hall–Kier alpha value is -4.63. The summed E-state index contributed by atoms with van der Waals surface area (Å²) in [6.45, 7) is 0.582. The molecule has 1 aliphatic rings. The van der Waals surface area contributed by atoms with E-state index in [0.29, 0.717) is 18.2 Å². The minimum absolute atomic E-state index is 0.0512. The predicted octanol–water partition coefficient (Wildman–Crippen LogP) is 6.45. The van der Waals surface area contributed by atoms with Gasteiger partial charge in [0, 0.05) is 12.6 Å². The van der Waals surface area contributed by atoms with Crippen molar-refractivity contribution in [3.8, 4) is 6.07 Å². The Balaban J connectivity index is 1.91. The van der Waals surface area contributed by atoms with E-state index in [1.54, 1.807) is 13.0 Å². The van der Waals surface area contributed by atoms with Crippen LogP contribution in [0.2, 0.25) is 0 Å². The fourth-order valence-electron chi connectivity index (χ4n) is 4.89. The van der Waals surface area contributed by atoms with E-state index in [2.05, 4.69) is 20.4 Å². The first-order chi connectivity index (χ1) is 20.9. The van der Waals surface area contributed by atoms with Crippen LogP contribution in [0, 0.1) is 11.3 Å². The molecule has 10 nitrogen and oxygen atoms in total. The molecule has 1 amide bonds. The summed E-state index contributed by atoms with van der Waals surface area (Å²) in [7, 11) is 1.32. The fourth-order valence-corrected chi connectivity index (χ4v) is 4.89. The van der Waals surface area contributed by atoms with Crippen LogP contribution in [0.15, 0.2) is 30.3 Å². The van der Waals surface area contributed by atoms with Crippen LogP contribution in [-0.2, 0) is 36.9 Å². The molecule has 45 heavy (non-hydrogen) atoms. The molecule has 0 N–H and O–H groups in total. The molecule has 242 valence electrons. The van der Waals surface area contributed by atoms with Crippen molar-refractivity contribution >= 4 is 17.7 Å². The molecule has 0 radical (unpaired) electrons. The number of hydrogen-bond donors (Lipinski definition) is 0. The molecule has 0 bridgehead atoms. The van der Waals surface area contributed by atoms with Gasteiger partial charge in [0.15, 0.2) is 0 Å². The molecule has 0 fully saturated rings. The number of alkyl halides is 9. The standard InChI is InChI=1S/C26H23F9N8O2/c1-3-17-12-19(21-18(5-6-20(37-21)26(33,34)35)43(17)23(44)45-8-4-7-36)42(22-38-40-41(2)39-22)13-14-9-15(24(27,28)29)11-16(10-14)25(30,31)32/h5-6,9-11,17,19H,3-4,8,12-13H2,1-2H3/t17-,19+/m1/s1. The molecule has 0 saturated carbocycles. The van der Waals surface area contributed by atoms with E-state index < -0.39 is 65.6 Å². The predicted molar refractivity (Wildman–Crippen MR) is 136 cm³/mol. The molecule has 1 aromatic carbocycles. The quantitative estimate of drug-likeness (QED) is 0.212. The van der Waals surface area contributed by atoms with Gasteiger partial charge in [-0.2, -0.15) is 49.6 Å². The zero-order chi connectivity index (χ0) is 33.3. The van der Waals surface area contributed by atoms with Crippen LogP contribution in [0.1, 0.15) is 60.3 Å². The second kappa shape index (κ2) is 12.4. The average Bonchev–Trinajstić information content (AvgIpc) is 3.39. The number of hydrogen-bond acceptors (Lipinski definition) is 8. The number of aryl methyl sites for hydroxylation is 1. The Kier molecular flexibility index (Phi) is 9.17. The molecular formula is C26H23F9N8O2. The number of anilines is 2. The minimum atomic E-state index is -5.16. The topological polar surface area (TPSA) is 113 Å². The van der Waals surface area contributed by atoms with E-state index in [9.17, 15) is 44.3 Å². The molecule has 2 atom stereocenters. The van der Waals surface area contributed by atoms with Crippen LogP contribution < -0.4 is 9.80 Å². The number of nitriles is 1. The van der Waals surface area contributed by atoms with Crippen LogP contribution in [0.25, 0.3) is 0 Å². The second-order valence-electron chi connectivity index (χ2n) is 9.93. The first-order valence-electron chi connectivity index (χ1n) is 13.1. The summed E-state index contributed by atoms with van der Waals surface area (Å²) in [4.78, 5) is 19.9. The highest BCUT2D eigenvalue weighted by molar-refractivity contribution is 5.90. The number of carbonyl (C=O) groups is 1. The fraction of sp³-hybridized carbons (Fsp3) is 0.462. The van der Waals surface area contributed by atoms with Crippen LogP contribution in [0.3, 0.4) is 0 Å². The van der Waals surface area contributed by atoms with E-state index >= 15 is 0 Å². The van der Waals surface area contributed by atoms with Gasteiger partial charge in [-0.1, -0.05) is 12.0 Å². The number of tetrazole rings is 1. The molecule has 3 heterocycles. The molecule has 2 aromatic heterocycles. The highest BCUT2D eigenvalue weighted by Crippen LogP contribution is 2.44. The van der Waals surface area contributed by atoms with Crippen LogP contribution in [-0.4, -0.2) is 43.9 Å². The summed E-state index contributed by atoms with van der Waals surface area (Å²) in [5.41, 5.74) is -5.62. The number of halogens is 9. The monoisotopic (exact) mass is 650 g/mol. The molecule has 0 unspecified atom stereocenters. The zero-order valence-corrected chi connectivity index (χ0v) is 23.4. The Morgan fingerprint density at radius 3 is 2.20 bits per heavy atom. The van der Waals surface area contributed by atoms with E-state index in [4.69, 9.17) is 10.00 Å². The summed E-state index contributed by atoms with van der Waals surface area (Å²) in [5, 5.41) is 20.3. The maximum atomic E-state index is 13.8. The van der Waals surface area contributed by atoms with Crippen molar-refractivity contribution in [3.63, 3.8) is 0 Å². The van der Waals surface area contributed by atoms with Crippen LogP contribution >= 0.6 is 0 Å². The molecule has 0 aliphatic carbocycles. The number of aromatic nitrogens is 5. The van der Waals surface area contributed by atoms with E-state index in [-0.39, 0.29) is 49.3 Å². The van der Waals surface area contributed by atoms with Crippen LogP contribution in [0.4, 0.5) is 55.9 Å². The number of rotatable bonds is 7. The van der Waals surface area contributed by atoms with E-state index in [1.807, 2.05) is 0 Å². The number of benzene rings is 1. The van der Waals surface area contributed by atoms with Gasteiger partial charge in [-0.05, 0) is 54.0 Å². The highest BCUT2D eigenvalue weighted by atomic mass is 19.4. The number of ether oxygens (including phenoxy) is 1. The molecule has 1 aliphatic heterocycles. The molecule has 0 saturated heterocycles. The lowest BCUT2D eigenvalue weighted by Gasteiger charge is -2.43. The van der Waals surface area contributed by atoms with E-state index in [1.165, 1.54) is 7.05 Å². The van der Waals surface area contributed by atoms with Gasteiger partial charge in [0.2, 0.25) is 0 Å². The summed E-state index contributed by atoms with van der Waals surface area (Å²) in [6, 6.07) is 2.19. The average molecular weight is 651 g/mol. The van der Waals surface area contributed by atoms with Gasteiger partial charge >= 0.3 is 24.6 Å². The number of nitrogens with zero attached hydrogens (tertiary/aromatic N) is 8. The summed E-state index contributed by atoms with van der Waals surface area (Å²) >= 11 is 0. The summed E-state index contributed by atoms with van der Waals surface area (Å²) in [6.07, 6.45) is -16.5. The first-order valence-corrected chi connectivity index (χ1v) is 13.1. The third-order valence-electron chi connectivity index (χ3n) is 6.87. The Morgan fingerprint density at radius 1 is 1.04 bits per heavy atom. The van der Waals surface area contributed by atoms with Gasteiger partial charge < -0.3 is 9.64 Å². The van der Waals surface area contributed by atoms with Crippen LogP contribution in [0.5, 0.6) is 0 Å². The maximum absolute atomic E-state index is 13.8. The van der Waals surface area contributed by atoms with Crippen molar-refractivity contribution in [3.05, 3.63) is 58.4 Å². The molecule has 0 spiro atoms. The largest absolute Gasteiger partial charge is 0.448 e. The first kappa shape index (κ1) is 33.3. The summed E-state index contributed by atoms with van der Waals surface area (Å²) in [5.74, 6) is -0.335. The van der Waals surface area contributed by atoms with Crippen molar-refractivity contribution in [2.45, 2.75) is 63.3 Å². The third kappa shape index (κ3) is 7.37. The molecule has 4 rings (SSSR count). The SMILES string of the molecule is CC[C@@H]1C[C@H](N(Cc2cc(C(F)(F)F)cc(C(F)(F)F)c2)c2nnn(C)n2)c2nc(C(F)(F)F)ccc2N1C(=O)OCCC#N. The smallest absolute Gasteiger partial charge is 0.433 e. The lowest BCUT2D eigenvalue weighted by Crippen LogP contribution is -2.48. The lowest BCUT2D eigenvalue weighted by molar-refractivity contribution is -0.143. The Bertz CT molecular complexity index is 1550. The van der Waals surface area contributed by atoms with Gasteiger partial charge in [-0.3, -0.25) is 4.90 Å². The van der Waals surface area contributed by atoms with Crippen molar-refractivity contribution in [2.75, 3.05) is 16.4 Å². The van der Waals surface area contributed by atoms with Gasteiger partial charge in [-0.25, -0.2) is 9.78 Å². The minimum Gasteiger partial charge on any atom is -0.448 e. The Labute approximate surface area is 249 Å². The lowest BCUT2D eigenvalue weighted by atomic mass is 9.91. The molecular weight excluding hydrogens is 627 g/mol. The normalized spacial score (nSPS) is 17.1. The van der Waals surface area contributed by atoms with Crippen molar-refractivity contribution < 1.29 is 49.0 Å². The second-order valence-corrected chi connectivity index (χ2v) is 9.93. The number of pyridine rings is 1. The highest BCUT2D eigenvalue weighted by Gasteiger charge is 2.44. The number of fused-ring (bicyclic) bond motifs is 1. The molecule has 19 heteroatoms. The Morgan fingerprint density at radius 2 is 1.69 bits per heavy atom. The zero-order valence-electron chi connectivity index (χ0n) is 23.4. The van der Waals surface area contributed by atoms with Gasteiger partial charge in [0.1, 0.15) is 12.3 Å². The van der Waals surface area contributed by atoms with E-state index in [0.717, 1.165) is 20.7 Å². The third-order valence-corrected chi connectivity index (χ3v) is 6.87. The van der Waals surface area contributed by atoms with Gasteiger partial charge in [0.05, 0.1) is 48.1 Å². The molecule has 3 aromatic rings. The van der Waals surface area contributed by atoms with Crippen molar-refractivity contribution in [2.24, 2.45) is 7.05 Å². The maximum Gasteiger partial charge on any atom is 0.433 e. The number of amides is 1.